The molecular formula is C17H18N2O3. The van der Waals surface area contributed by atoms with Crippen molar-refractivity contribution in [1.82, 2.24) is 4.98 Å². The van der Waals surface area contributed by atoms with Crippen molar-refractivity contribution in [2.45, 2.75) is 38.7 Å². The number of benzene rings is 1. The monoisotopic (exact) mass is 298 g/mol. The summed E-state index contributed by atoms with van der Waals surface area (Å²) in [5, 5.41) is 11.1. The fourth-order valence-electron chi connectivity index (χ4n) is 3.06. The average molecular weight is 298 g/mol. The van der Waals surface area contributed by atoms with Gasteiger partial charge in [0.25, 0.3) is 5.69 Å². The van der Waals surface area contributed by atoms with E-state index in [0.29, 0.717) is 5.75 Å². The molecular weight excluding hydrogens is 280 g/mol. The second kappa shape index (κ2) is 5.09. The molecule has 2 aromatic rings. The van der Waals surface area contributed by atoms with Gasteiger partial charge >= 0.3 is 0 Å². The maximum Gasteiger partial charge on any atom is 0.269 e. The topological polar surface area (TPSA) is 65.3 Å². The van der Waals surface area contributed by atoms with E-state index in [2.05, 4.69) is 4.98 Å². The Hall–Kier alpha value is -2.43. The van der Waals surface area contributed by atoms with Crippen LogP contribution in [0.1, 0.15) is 43.0 Å². The van der Waals surface area contributed by atoms with Crippen LogP contribution in [0.4, 0.5) is 5.69 Å². The van der Waals surface area contributed by atoms with Crippen molar-refractivity contribution in [3.8, 4) is 5.75 Å². The van der Waals surface area contributed by atoms with Gasteiger partial charge in [-0.3, -0.25) is 15.1 Å². The summed E-state index contributed by atoms with van der Waals surface area (Å²) in [5.74, 6) is 0.705. The maximum atomic E-state index is 11.1. The Labute approximate surface area is 129 Å². The standard InChI is InChI=1S/C17H18N2O3/c1-11-5-4-8-18-16(11)14-10-17(2,3)22-15-7-6-12(19(20)21)9-13(14)15/h4-9,14H,10H2,1-3H3. The summed E-state index contributed by atoms with van der Waals surface area (Å²) in [4.78, 5) is 15.2. The quantitative estimate of drug-likeness (QED) is 0.621. The molecule has 0 saturated carbocycles. The molecule has 0 aliphatic carbocycles. The molecule has 0 radical (unpaired) electrons. The first-order valence-electron chi connectivity index (χ1n) is 7.26. The van der Waals surface area contributed by atoms with Gasteiger partial charge < -0.3 is 4.74 Å². The first-order valence-corrected chi connectivity index (χ1v) is 7.26. The average Bonchev–Trinajstić information content (AvgIpc) is 2.45. The van der Waals surface area contributed by atoms with Crippen molar-refractivity contribution in [3.63, 3.8) is 0 Å². The maximum absolute atomic E-state index is 11.1. The predicted octanol–water partition coefficient (Wildman–Crippen LogP) is 3.99. The van der Waals surface area contributed by atoms with Gasteiger partial charge in [0.05, 0.1) is 10.6 Å². The number of ether oxygens (including phenoxy) is 1. The zero-order chi connectivity index (χ0) is 15.9. The van der Waals surface area contributed by atoms with Crippen molar-refractivity contribution in [1.29, 1.82) is 0 Å². The summed E-state index contributed by atoms with van der Waals surface area (Å²) in [6.07, 6.45) is 2.50. The summed E-state index contributed by atoms with van der Waals surface area (Å²) >= 11 is 0. The van der Waals surface area contributed by atoms with Gasteiger partial charge in [0, 0.05) is 29.8 Å². The van der Waals surface area contributed by atoms with Crippen LogP contribution in [-0.4, -0.2) is 15.5 Å². The minimum absolute atomic E-state index is 0.000139. The molecule has 0 fully saturated rings. The highest BCUT2D eigenvalue weighted by atomic mass is 16.6. The molecule has 2 heterocycles. The van der Waals surface area contributed by atoms with E-state index >= 15 is 0 Å². The van der Waals surface area contributed by atoms with E-state index in [-0.39, 0.29) is 22.1 Å². The fourth-order valence-corrected chi connectivity index (χ4v) is 3.06. The van der Waals surface area contributed by atoms with Gasteiger partial charge in [-0.2, -0.15) is 0 Å². The van der Waals surface area contributed by atoms with Crippen LogP contribution < -0.4 is 4.74 Å². The predicted molar refractivity (Wildman–Crippen MR) is 83.2 cm³/mol. The number of non-ortho nitro benzene ring substituents is 1. The summed E-state index contributed by atoms with van der Waals surface area (Å²) in [6.45, 7) is 6.08. The smallest absolute Gasteiger partial charge is 0.269 e. The zero-order valence-corrected chi connectivity index (χ0v) is 12.9. The SMILES string of the molecule is Cc1cccnc1C1CC(C)(C)Oc2ccc([N+](=O)[O-])cc21. The molecule has 1 unspecified atom stereocenters. The minimum Gasteiger partial charge on any atom is -0.488 e. The number of aryl methyl sites for hydroxylation is 1. The van der Waals surface area contributed by atoms with Gasteiger partial charge in [0.15, 0.2) is 0 Å². The van der Waals surface area contributed by atoms with Gasteiger partial charge in [-0.15, -0.1) is 0 Å². The molecule has 5 heteroatoms. The first kappa shape index (κ1) is 14.5. The Kier molecular flexibility index (Phi) is 3.35. The molecule has 114 valence electrons. The van der Waals surface area contributed by atoms with Crippen molar-refractivity contribution in [3.05, 3.63) is 63.5 Å². The van der Waals surface area contributed by atoms with Crippen LogP contribution in [0.25, 0.3) is 0 Å². The lowest BCUT2D eigenvalue weighted by atomic mass is 9.81. The van der Waals surface area contributed by atoms with Crippen LogP contribution in [0.2, 0.25) is 0 Å². The lowest BCUT2D eigenvalue weighted by Gasteiger charge is -2.37. The van der Waals surface area contributed by atoms with Crippen molar-refractivity contribution < 1.29 is 9.66 Å². The second-order valence-corrected chi connectivity index (χ2v) is 6.30. The fraction of sp³-hybridized carbons (Fsp3) is 0.353. The number of nitro benzene ring substituents is 1. The van der Waals surface area contributed by atoms with E-state index in [1.54, 1.807) is 18.3 Å². The third-order valence-corrected chi connectivity index (χ3v) is 4.04. The highest BCUT2D eigenvalue weighted by Crippen LogP contribution is 2.45. The van der Waals surface area contributed by atoms with Crippen LogP contribution >= 0.6 is 0 Å². The third-order valence-electron chi connectivity index (χ3n) is 4.04. The molecule has 22 heavy (non-hydrogen) atoms. The Balaban J connectivity index is 2.17. The van der Waals surface area contributed by atoms with E-state index in [4.69, 9.17) is 4.74 Å². The normalized spacial score (nSPS) is 19.1. The van der Waals surface area contributed by atoms with Crippen molar-refractivity contribution in [2.24, 2.45) is 0 Å². The Morgan fingerprint density at radius 2 is 2.14 bits per heavy atom. The molecule has 0 bridgehead atoms. The highest BCUT2D eigenvalue weighted by Gasteiger charge is 2.36. The molecule has 1 aliphatic rings. The lowest BCUT2D eigenvalue weighted by molar-refractivity contribution is -0.385. The van der Waals surface area contributed by atoms with Crippen LogP contribution in [0.15, 0.2) is 36.5 Å². The Morgan fingerprint density at radius 3 is 2.82 bits per heavy atom. The van der Waals surface area contributed by atoms with Crippen molar-refractivity contribution in [2.75, 3.05) is 0 Å². The first-order chi connectivity index (χ1) is 10.4. The van der Waals surface area contributed by atoms with Crippen LogP contribution in [0, 0.1) is 17.0 Å². The number of hydrogen-bond donors (Lipinski definition) is 0. The summed E-state index contributed by atoms with van der Waals surface area (Å²) in [5.41, 5.74) is 2.64. The molecule has 1 aromatic heterocycles. The number of rotatable bonds is 2. The third kappa shape index (κ3) is 2.54. The summed E-state index contributed by atoms with van der Waals surface area (Å²) < 4.78 is 6.00. The number of nitro groups is 1. The van der Waals surface area contributed by atoms with E-state index in [1.807, 2.05) is 32.9 Å². The highest BCUT2D eigenvalue weighted by molar-refractivity contribution is 5.50. The number of nitrogens with zero attached hydrogens (tertiary/aromatic N) is 2. The van der Waals surface area contributed by atoms with E-state index in [0.717, 1.165) is 23.2 Å². The van der Waals surface area contributed by atoms with Crippen LogP contribution in [-0.2, 0) is 0 Å². The molecule has 1 aromatic carbocycles. The van der Waals surface area contributed by atoms with Crippen molar-refractivity contribution >= 4 is 5.69 Å². The van der Waals surface area contributed by atoms with Crippen LogP contribution in [0.3, 0.4) is 0 Å². The molecule has 5 nitrogen and oxygen atoms in total. The Bertz CT molecular complexity index is 740. The second-order valence-electron chi connectivity index (χ2n) is 6.30. The zero-order valence-electron chi connectivity index (χ0n) is 12.9. The van der Waals surface area contributed by atoms with Gasteiger partial charge in [-0.05, 0) is 44.9 Å². The number of aromatic nitrogens is 1. The van der Waals surface area contributed by atoms with Gasteiger partial charge in [-0.25, -0.2) is 0 Å². The molecule has 1 atom stereocenters. The number of fused-ring (bicyclic) bond motifs is 1. The van der Waals surface area contributed by atoms with Gasteiger partial charge in [0.1, 0.15) is 11.4 Å². The summed E-state index contributed by atoms with van der Waals surface area (Å²) in [7, 11) is 0. The van der Waals surface area contributed by atoms with Gasteiger partial charge in [0.2, 0.25) is 0 Å². The number of pyridine rings is 1. The van der Waals surface area contributed by atoms with E-state index < -0.39 is 0 Å². The molecule has 1 aliphatic heterocycles. The minimum atomic E-state index is -0.373. The molecule has 0 saturated heterocycles. The van der Waals surface area contributed by atoms with E-state index in [1.165, 1.54) is 6.07 Å². The van der Waals surface area contributed by atoms with E-state index in [9.17, 15) is 10.1 Å². The number of hydrogen-bond acceptors (Lipinski definition) is 4. The lowest BCUT2D eigenvalue weighted by Crippen LogP contribution is -2.35. The summed E-state index contributed by atoms with van der Waals surface area (Å²) in [6, 6.07) is 8.71. The molecule has 0 spiro atoms. The van der Waals surface area contributed by atoms with Gasteiger partial charge in [-0.1, -0.05) is 6.07 Å². The molecule has 3 rings (SSSR count). The Morgan fingerprint density at radius 1 is 1.36 bits per heavy atom. The van der Waals surface area contributed by atoms with Crippen LogP contribution in [0.5, 0.6) is 5.75 Å². The largest absolute Gasteiger partial charge is 0.488 e. The molecule has 0 N–H and O–H groups in total. The molecule has 0 amide bonds.